The summed E-state index contributed by atoms with van der Waals surface area (Å²) < 4.78 is 9.21. The van der Waals surface area contributed by atoms with E-state index in [1.54, 1.807) is 17.9 Å². The van der Waals surface area contributed by atoms with Crippen LogP contribution < -0.4 is 21.3 Å². The summed E-state index contributed by atoms with van der Waals surface area (Å²) in [5, 5.41) is 7.53. The molecule has 0 aliphatic heterocycles. The Kier molecular flexibility index (Phi) is 5.95. The fraction of sp³-hybridized carbons (Fsp3) is 0.167. The Morgan fingerprint density at radius 3 is 2.52 bits per heavy atom. The molecule has 0 radical (unpaired) electrons. The second-order valence-corrected chi connectivity index (χ2v) is 7.53. The summed E-state index contributed by atoms with van der Waals surface area (Å²) in [5.74, 6) is 0.652. The van der Waals surface area contributed by atoms with Crippen LogP contribution in [-0.4, -0.2) is 31.9 Å². The Labute approximate surface area is 189 Å². The number of hydrogen-bond donors (Lipinski definition) is 1. The fourth-order valence-electron chi connectivity index (χ4n) is 3.41. The van der Waals surface area contributed by atoms with Crippen LogP contribution in [-0.2, 0) is 18.4 Å². The van der Waals surface area contributed by atoms with E-state index in [-0.39, 0.29) is 6.54 Å². The molecule has 0 unspecified atom stereocenters. The Balaban J connectivity index is 1.72. The van der Waals surface area contributed by atoms with Crippen LogP contribution in [0.25, 0.3) is 16.9 Å². The topological polar surface area (TPSA) is 100 Å². The van der Waals surface area contributed by atoms with Crippen molar-refractivity contribution in [1.82, 2.24) is 18.9 Å². The third kappa shape index (κ3) is 4.47. The van der Waals surface area contributed by atoms with Crippen LogP contribution in [0.5, 0.6) is 5.75 Å². The van der Waals surface area contributed by atoms with E-state index in [0.717, 1.165) is 21.4 Å². The van der Waals surface area contributed by atoms with E-state index in [0.29, 0.717) is 17.3 Å². The molecular weight excluding hydrogens is 422 g/mol. The first-order chi connectivity index (χ1) is 15.9. The molecule has 33 heavy (non-hydrogen) atoms. The molecule has 1 amide bonds. The van der Waals surface area contributed by atoms with E-state index in [2.05, 4.69) is 5.32 Å². The summed E-state index contributed by atoms with van der Waals surface area (Å²) in [7, 11) is 2.95. The number of carbonyl (C=O) groups excluding carboxylic acids is 1. The van der Waals surface area contributed by atoms with Crippen LogP contribution in [0.1, 0.15) is 5.56 Å². The molecule has 0 aliphatic rings. The second-order valence-electron chi connectivity index (χ2n) is 7.53. The highest BCUT2D eigenvalue weighted by Gasteiger charge is 2.17. The minimum absolute atomic E-state index is 0.254. The molecule has 168 valence electrons. The van der Waals surface area contributed by atoms with Gasteiger partial charge in [0.05, 0.1) is 18.5 Å². The normalized spacial score (nSPS) is 10.8. The lowest BCUT2D eigenvalue weighted by atomic mass is 10.1. The number of carbonyl (C=O) groups is 1. The molecule has 0 aliphatic carbocycles. The van der Waals surface area contributed by atoms with E-state index >= 15 is 0 Å². The van der Waals surface area contributed by atoms with E-state index in [1.807, 2.05) is 55.5 Å². The minimum atomic E-state index is -0.570. The average molecular weight is 445 g/mol. The van der Waals surface area contributed by atoms with Gasteiger partial charge in [0.15, 0.2) is 0 Å². The van der Waals surface area contributed by atoms with Crippen molar-refractivity contribution < 1.29 is 9.53 Å². The maximum atomic E-state index is 12.8. The molecule has 2 aromatic carbocycles. The molecule has 4 aromatic rings. The zero-order valence-electron chi connectivity index (χ0n) is 18.5. The van der Waals surface area contributed by atoms with Crippen LogP contribution in [0.3, 0.4) is 0 Å². The van der Waals surface area contributed by atoms with E-state index in [1.165, 1.54) is 23.9 Å². The van der Waals surface area contributed by atoms with Gasteiger partial charge in [0, 0.05) is 30.9 Å². The molecule has 4 rings (SSSR count). The zero-order chi connectivity index (χ0) is 23.5. The number of nitrogens with zero attached hydrogens (tertiary/aromatic N) is 4. The molecule has 0 saturated heterocycles. The standard InChI is InChI=1S/C24H23N5O4/c1-16-8-10-17(11-9-16)29-21(14-19(26-29)18-6-4-5-7-20(18)33-3)25-22(30)15-28-13-12-23(31)27(2)24(28)32/h4-14H,15H2,1-3H3,(H,25,30). The number of rotatable bonds is 6. The number of para-hydroxylation sites is 1. The van der Waals surface area contributed by atoms with Crippen molar-refractivity contribution in [3.8, 4) is 22.7 Å². The van der Waals surface area contributed by atoms with Crippen LogP contribution in [0, 0.1) is 6.92 Å². The lowest BCUT2D eigenvalue weighted by Gasteiger charge is -2.10. The van der Waals surface area contributed by atoms with Gasteiger partial charge in [0.25, 0.3) is 5.56 Å². The Bertz CT molecular complexity index is 1430. The molecule has 9 heteroatoms. The molecule has 0 spiro atoms. The van der Waals surface area contributed by atoms with E-state index < -0.39 is 17.2 Å². The fourth-order valence-corrected chi connectivity index (χ4v) is 3.41. The number of ether oxygens (including phenoxy) is 1. The van der Waals surface area contributed by atoms with Crippen LogP contribution >= 0.6 is 0 Å². The summed E-state index contributed by atoms with van der Waals surface area (Å²) in [6.45, 7) is 1.73. The lowest BCUT2D eigenvalue weighted by Crippen LogP contribution is -2.39. The molecule has 0 atom stereocenters. The van der Waals surface area contributed by atoms with Gasteiger partial charge in [0.1, 0.15) is 18.1 Å². The van der Waals surface area contributed by atoms with Crippen molar-refractivity contribution in [2.24, 2.45) is 7.05 Å². The van der Waals surface area contributed by atoms with Crippen LogP contribution in [0.4, 0.5) is 5.82 Å². The smallest absolute Gasteiger partial charge is 0.331 e. The summed E-state index contributed by atoms with van der Waals surface area (Å²) in [6.07, 6.45) is 1.31. The summed E-state index contributed by atoms with van der Waals surface area (Å²) in [5.41, 5.74) is 2.24. The highest BCUT2D eigenvalue weighted by atomic mass is 16.5. The van der Waals surface area contributed by atoms with Crippen molar-refractivity contribution in [1.29, 1.82) is 0 Å². The maximum absolute atomic E-state index is 12.8. The van der Waals surface area contributed by atoms with Crippen molar-refractivity contribution in [2.45, 2.75) is 13.5 Å². The molecule has 0 bridgehead atoms. The molecule has 2 heterocycles. The van der Waals surface area contributed by atoms with E-state index in [4.69, 9.17) is 9.84 Å². The number of hydrogen-bond acceptors (Lipinski definition) is 5. The summed E-state index contributed by atoms with van der Waals surface area (Å²) >= 11 is 0. The van der Waals surface area contributed by atoms with Gasteiger partial charge < -0.3 is 10.1 Å². The zero-order valence-corrected chi connectivity index (χ0v) is 18.5. The highest BCUT2D eigenvalue weighted by Crippen LogP contribution is 2.31. The Morgan fingerprint density at radius 1 is 1.06 bits per heavy atom. The van der Waals surface area contributed by atoms with Gasteiger partial charge in [-0.3, -0.25) is 18.7 Å². The number of amides is 1. The quantitative estimate of drug-likeness (QED) is 0.491. The van der Waals surface area contributed by atoms with Crippen LogP contribution in [0.2, 0.25) is 0 Å². The van der Waals surface area contributed by atoms with Gasteiger partial charge in [-0.05, 0) is 31.2 Å². The molecule has 2 aromatic heterocycles. The summed E-state index contributed by atoms with van der Waals surface area (Å²) in [4.78, 5) is 36.7. The predicted octanol–water partition coefficient (Wildman–Crippen LogP) is 2.36. The SMILES string of the molecule is COc1ccccc1-c1cc(NC(=O)Cn2ccc(=O)n(C)c2=O)n(-c2ccc(C)cc2)n1. The van der Waals surface area contributed by atoms with Crippen molar-refractivity contribution in [3.63, 3.8) is 0 Å². The van der Waals surface area contributed by atoms with Crippen molar-refractivity contribution in [3.05, 3.63) is 93.3 Å². The van der Waals surface area contributed by atoms with E-state index in [9.17, 15) is 14.4 Å². The molecule has 1 N–H and O–H groups in total. The number of nitrogens with one attached hydrogen (secondary N) is 1. The first-order valence-corrected chi connectivity index (χ1v) is 10.2. The Morgan fingerprint density at radius 2 is 1.79 bits per heavy atom. The van der Waals surface area contributed by atoms with Gasteiger partial charge in [0.2, 0.25) is 5.91 Å². The first-order valence-electron chi connectivity index (χ1n) is 10.2. The van der Waals surface area contributed by atoms with Gasteiger partial charge in [-0.1, -0.05) is 29.8 Å². The molecule has 9 nitrogen and oxygen atoms in total. The van der Waals surface area contributed by atoms with Crippen molar-refractivity contribution in [2.75, 3.05) is 12.4 Å². The average Bonchev–Trinajstić information content (AvgIpc) is 3.23. The van der Waals surface area contributed by atoms with Crippen molar-refractivity contribution >= 4 is 11.7 Å². The van der Waals surface area contributed by atoms with Gasteiger partial charge in [-0.25, -0.2) is 9.48 Å². The number of benzene rings is 2. The van der Waals surface area contributed by atoms with Crippen LogP contribution in [0.15, 0.2) is 76.4 Å². The lowest BCUT2D eigenvalue weighted by molar-refractivity contribution is -0.116. The van der Waals surface area contributed by atoms with Gasteiger partial charge in [-0.2, -0.15) is 5.10 Å². The Hall–Kier alpha value is -4.40. The third-order valence-corrected chi connectivity index (χ3v) is 5.21. The second kappa shape index (κ2) is 8.99. The largest absolute Gasteiger partial charge is 0.496 e. The minimum Gasteiger partial charge on any atom is -0.496 e. The van der Waals surface area contributed by atoms with Gasteiger partial charge >= 0.3 is 5.69 Å². The summed E-state index contributed by atoms with van der Waals surface area (Å²) in [6, 6.07) is 18.2. The number of aromatic nitrogens is 4. The molecular formula is C24H23N5O4. The predicted molar refractivity (Wildman–Crippen MR) is 125 cm³/mol. The third-order valence-electron chi connectivity index (χ3n) is 5.21. The van der Waals surface area contributed by atoms with Gasteiger partial charge in [-0.15, -0.1) is 0 Å². The monoisotopic (exact) mass is 445 g/mol. The number of aryl methyl sites for hydroxylation is 1. The molecule has 0 fully saturated rings. The maximum Gasteiger partial charge on any atom is 0.331 e. The highest BCUT2D eigenvalue weighted by molar-refractivity contribution is 5.91. The number of methoxy groups -OCH3 is 1. The first kappa shape index (κ1) is 21.8. The number of anilines is 1. The molecule has 0 saturated carbocycles.